The molecule has 0 aliphatic carbocycles. The molecule has 0 amide bonds. The molecule has 0 radical (unpaired) electrons. The lowest BCUT2D eigenvalue weighted by Gasteiger charge is -2.03. The Labute approximate surface area is 90.5 Å². The summed E-state index contributed by atoms with van der Waals surface area (Å²) in [5.74, 6) is 0.175. The third-order valence-electron chi connectivity index (χ3n) is 1.47. The molecule has 1 rings (SSSR count). The van der Waals surface area contributed by atoms with Gasteiger partial charge in [-0.05, 0) is 12.1 Å². The fourth-order valence-corrected chi connectivity index (χ4v) is 0.987. The zero-order chi connectivity index (χ0) is 12.2. The summed E-state index contributed by atoms with van der Waals surface area (Å²) in [5.41, 5.74) is -0.122. The number of hydrogen-bond acceptors (Lipinski definition) is 6. The average Bonchev–Trinajstić information content (AvgIpc) is 2.16. The molecule has 0 fully saturated rings. The third-order valence-corrected chi connectivity index (χ3v) is 1.86. The molecule has 0 aliphatic rings. The van der Waals surface area contributed by atoms with Crippen LogP contribution in [0.4, 0.5) is 5.69 Å². The van der Waals surface area contributed by atoms with Gasteiger partial charge in [-0.2, -0.15) is 8.42 Å². The highest BCUT2D eigenvalue weighted by Crippen LogP contribution is 2.17. The van der Waals surface area contributed by atoms with Gasteiger partial charge in [-0.15, -0.1) is 0 Å². The van der Waals surface area contributed by atoms with Gasteiger partial charge in [0.1, 0.15) is 5.75 Å². The topological polar surface area (TPSA) is 116 Å². The predicted octanol–water partition coefficient (Wildman–Crippen LogP) is 0.750. The lowest BCUT2D eigenvalue weighted by Crippen LogP contribution is -2.09. The summed E-state index contributed by atoms with van der Waals surface area (Å²) in [5, 5.41) is 10.3. The Morgan fingerprint density at radius 2 is 1.88 bits per heavy atom. The van der Waals surface area contributed by atoms with Crippen LogP contribution in [0.3, 0.4) is 0 Å². The van der Waals surface area contributed by atoms with Crippen molar-refractivity contribution in [2.75, 3.05) is 6.79 Å². The zero-order valence-electron chi connectivity index (χ0n) is 7.77. The second-order valence-electron chi connectivity index (χ2n) is 2.56. The van der Waals surface area contributed by atoms with Gasteiger partial charge in [-0.3, -0.25) is 14.7 Å². The minimum absolute atomic E-state index is 0.122. The number of nitro benzene ring substituents is 1. The van der Waals surface area contributed by atoms with Crippen molar-refractivity contribution < 1.29 is 26.8 Å². The molecule has 0 aromatic heterocycles. The zero-order valence-corrected chi connectivity index (χ0v) is 8.59. The first-order chi connectivity index (χ1) is 7.38. The van der Waals surface area contributed by atoms with Crippen molar-refractivity contribution in [2.45, 2.75) is 0 Å². The minimum Gasteiger partial charge on any atom is -0.466 e. The van der Waals surface area contributed by atoms with Crippen LogP contribution in [-0.4, -0.2) is 24.7 Å². The van der Waals surface area contributed by atoms with E-state index in [0.717, 1.165) is 0 Å². The lowest BCUT2D eigenvalue weighted by atomic mass is 10.3. The van der Waals surface area contributed by atoms with Crippen molar-refractivity contribution in [3.05, 3.63) is 34.4 Å². The van der Waals surface area contributed by atoms with Crippen LogP contribution in [0.5, 0.6) is 5.75 Å². The third kappa shape index (κ3) is 4.21. The van der Waals surface area contributed by atoms with Gasteiger partial charge in [0.2, 0.25) is 6.79 Å². The van der Waals surface area contributed by atoms with Crippen LogP contribution in [-0.2, 0) is 14.6 Å². The Kier molecular flexibility index (Phi) is 3.77. The van der Waals surface area contributed by atoms with Crippen molar-refractivity contribution in [1.29, 1.82) is 0 Å². The smallest absolute Gasteiger partial charge is 0.400 e. The van der Waals surface area contributed by atoms with E-state index in [1.807, 2.05) is 0 Å². The number of non-ortho nitro benzene ring substituents is 1. The van der Waals surface area contributed by atoms with E-state index in [4.69, 9.17) is 9.29 Å². The number of rotatable bonds is 5. The minimum atomic E-state index is -4.55. The van der Waals surface area contributed by atoms with Gasteiger partial charge >= 0.3 is 10.4 Å². The SMILES string of the molecule is O=[N+]([O-])c1ccc(OCOS(=O)(=O)O)cc1. The van der Waals surface area contributed by atoms with Crippen LogP contribution in [0.15, 0.2) is 24.3 Å². The molecule has 0 saturated heterocycles. The average molecular weight is 249 g/mol. The van der Waals surface area contributed by atoms with Gasteiger partial charge in [0.05, 0.1) is 4.92 Å². The van der Waals surface area contributed by atoms with Crippen molar-refractivity contribution in [3.8, 4) is 5.75 Å². The predicted molar refractivity (Wildman–Crippen MR) is 51.2 cm³/mol. The number of ether oxygens (including phenoxy) is 1. The molecule has 1 aromatic carbocycles. The normalized spacial score (nSPS) is 11.1. The van der Waals surface area contributed by atoms with Crippen LogP contribution in [0.2, 0.25) is 0 Å². The second-order valence-corrected chi connectivity index (χ2v) is 3.65. The van der Waals surface area contributed by atoms with Gasteiger partial charge in [-0.25, -0.2) is 4.18 Å². The molecule has 0 aliphatic heterocycles. The fraction of sp³-hybridized carbons (Fsp3) is 0.143. The number of nitro groups is 1. The molecule has 16 heavy (non-hydrogen) atoms. The second kappa shape index (κ2) is 4.88. The first-order valence-corrected chi connectivity index (χ1v) is 5.24. The molecule has 9 heteroatoms. The Morgan fingerprint density at radius 3 is 2.31 bits per heavy atom. The first kappa shape index (κ1) is 12.4. The van der Waals surface area contributed by atoms with Crippen molar-refractivity contribution in [1.82, 2.24) is 0 Å². The summed E-state index contributed by atoms with van der Waals surface area (Å²) in [6.07, 6.45) is 0. The highest BCUT2D eigenvalue weighted by molar-refractivity contribution is 7.80. The van der Waals surface area contributed by atoms with Crippen LogP contribution < -0.4 is 4.74 Å². The summed E-state index contributed by atoms with van der Waals surface area (Å²) in [4.78, 5) is 9.70. The van der Waals surface area contributed by atoms with E-state index in [-0.39, 0.29) is 11.4 Å². The maximum atomic E-state index is 10.3. The Hall–Kier alpha value is -1.71. The molecule has 0 bridgehead atoms. The largest absolute Gasteiger partial charge is 0.466 e. The fourth-order valence-electron chi connectivity index (χ4n) is 0.817. The molecule has 0 unspecified atom stereocenters. The van der Waals surface area contributed by atoms with Gasteiger partial charge in [0.25, 0.3) is 5.69 Å². The number of nitrogens with zero attached hydrogens (tertiary/aromatic N) is 1. The van der Waals surface area contributed by atoms with E-state index in [2.05, 4.69) is 4.18 Å². The van der Waals surface area contributed by atoms with E-state index < -0.39 is 22.1 Å². The van der Waals surface area contributed by atoms with Crippen LogP contribution in [0.25, 0.3) is 0 Å². The van der Waals surface area contributed by atoms with E-state index in [1.165, 1.54) is 24.3 Å². The van der Waals surface area contributed by atoms with Crippen molar-refractivity contribution in [3.63, 3.8) is 0 Å². The van der Waals surface area contributed by atoms with Gasteiger partial charge < -0.3 is 4.74 Å². The van der Waals surface area contributed by atoms with Crippen LogP contribution in [0, 0.1) is 10.1 Å². The summed E-state index contributed by atoms with van der Waals surface area (Å²) in [6.45, 7) is -0.712. The van der Waals surface area contributed by atoms with Gasteiger partial charge in [-0.1, -0.05) is 0 Å². The Bertz CT molecular complexity index is 466. The highest BCUT2D eigenvalue weighted by atomic mass is 32.3. The van der Waals surface area contributed by atoms with Crippen LogP contribution >= 0.6 is 0 Å². The molecule has 0 atom stereocenters. The van der Waals surface area contributed by atoms with Crippen LogP contribution in [0.1, 0.15) is 0 Å². The monoisotopic (exact) mass is 249 g/mol. The van der Waals surface area contributed by atoms with Gasteiger partial charge in [0, 0.05) is 12.1 Å². The number of benzene rings is 1. The molecular formula is C7H7NO7S. The molecule has 0 saturated carbocycles. The maximum absolute atomic E-state index is 10.3. The summed E-state index contributed by atoms with van der Waals surface area (Å²) in [7, 11) is -4.55. The molecular weight excluding hydrogens is 242 g/mol. The van der Waals surface area contributed by atoms with Crippen molar-refractivity contribution in [2.24, 2.45) is 0 Å². The molecule has 88 valence electrons. The van der Waals surface area contributed by atoms with Crippen molar-refractivity contribution >= 4 is 16.1 Å². The highest BCUT2D eigenvalue weighted by Gasteiger charge is 2.06. The maximum Gasteiger partial charge on any atom is 0.400 e. The number of hydrogen-bond donors (Lipinski definition) is 1. The standard InChI is InChI=1S/C7H7NO7S/c9-8(10)6-1-3-7(4-2-6)14-5-15-16(11,12)13/h1-4H,5H2,(H,11,12,13). The molecule has 0 heterocycles. The summed E-state index contributed by atoms with van der Waals surface area (Å²) in [6, 6.07) is 4.91. The van der Waals surface area contributed by atoms with E-state index in [9.17, 15) is 18.5 Å². The summed E-state index contributed by atoms with van der Waals surface area (Å²) < 4.78 is 37.1. The van der Waals surface area contributed by atoms with E-state index >= 15 is 0 Å². The van der Waals surface area contributed by atoms with Gasteiger partial charge in [0.15, 0.2) is 0 Å². The van der Waals surface area contributed by atoms with E-state index in [0.29, 0.717) is 0 Å². The molecule has 1 N–H and O–H groups in total. The quantitative estimate of drug-likeness (QED) is 0.354. The first-order valence-electron chi connectivity index (χ1n) is 3.87. The lowest BCUT2D eigenvalue weighted by molar-refractivity contribution is -0.384. The Morgan fingerprint density at radius 1 is 1.31 bits per heavy atom. The molecule has 0 spiro atoms. The molecule has 1 aromatic rings. The molecule has 8 nitrogen and oxygen atoms in total. The van der Waals surface area contributed by atoms with E-state index in [1.54, 1.807) is 0 Å². The summed E-state index contributed by atoms with van der Waals surface area (Å²) >= 11 is 0. The Balaban J connectivity index is 2.53.